The summed E-state index contributed by atoms with van der Waals surface area (Å²) >= 11 is 0. The SMILES string of the molecule is CCc1ccc(C(C)(N)c2nccnc2OC)cc1. The Kier molecular flexibility index (Phi) is 3.81. The van der Waals surface area contributed by atoms with Crippen LogP contribution in [0.5, 0.6) is 5.88 Å². The van der Waals surface area contributed by atoms with Crippen molar-refractivity contribution in [1.29, 1.82) is 0 Å². The minimum atomic E-state index is -0.730. The Hall–Kier alpha value is -1.94. The predicted octanol–water partition coefficient (Wildman–Crippen LogP) is 2.27. The molecule has 0 spiro atoms. The summed E-state index contributed by atoms with van der Waals surface area (Å²) < 4.78 is 5.24. The van der Waals surface area contributed by atoms with Gasteiger partial charge in [0.25, 0.3) is 0 Å². The van der Waals surface area contributed by atoms with Crippen LogP contribution in [0.2, 0.25) is 0 Å². The van der Waals surface area contributed by atoms with Gasteiger partial charge in [0.05, 0.1) is 12.6 Å². The summed E-state index contributed by atoms with van der Waals surface area (Å²) in [6, 6.07) is 8.24. The average Bonchev–Trinajstić information content (AvgIpc) is 2.47. The van der Waals surface area contributed by atoms with Gasteiger partial charge in [0, 0.05) is 12.4 Å². The van der Waals surface area contributed by atoms with Crippen LogP contribution in [0.15, 0.2) is 36.7 Å². The number of aromatic nitrogens is 2. The third kappa shape index (κ3) is 2.58. The normalized spacial score (nSPS) is 13.9. The molecule has 0 bridgehead atoms. The maximum Gasteiger partial charge on any atom is 0.237 e. The van der Waals surface area contributed by atoms with Crippen LogP contribution in [0.25, 0.3) is 0 Å². The highest BCUT2D eigenvalue weighted by Gasteiger charge is 2.29. The van der Waals surface area contributed by atoms with Gasteiger partial charge in [-0.3, -0.25) is 4.98 Å². The summed E-state index contributed by atoms with van der Waals surface area (Å²) in [4.78, 5) is 8.49. The minimum Gasteiger partial charge on any atom is -0.480 e. The van der Waals surface area contributed by atoms with Crippen LogP contribution in [-0.2, 0) is 12.0 Å². The van der Waals surface area contributed by atoms with Crippen LogP contribution in [0.3, 0.4) is 0 Å². The van der Waals surface area contributed by atoms with Crippen molar-refractivity contribution in [1.82, 2.24) is 9.97 Å². The Morgan fingerprint density at radius 2 is 1.79 bits per heavy atom. The van der Waals surface area contributed by atoms with Crippen LogP contribution in [-0.4, -0.2) is 17.1 Å². The smallest absolute Gasteiger partial charge is 0.237 e. The highest BCUT2D eigenvalue weighted by atomic mass is 16.5. The van der Waals surface area contributed by atoms with Gasteiger partial charge in [-0.25, -0.2) is 4.98 Å². The molecule has 1 heterocycles. The molecule has 1 unspecified atom stereocenters. The Morgan fingerprint density at radius 3 is 2.37 bits per heavy atom. The van der Waals surface area contributed by atoms with Crippen molar-refractivity contribution >= 4 is 0 Å². The molecular formula is C15H19N3O. The van der Waals surface area contributed by atoms with Crippen LogP contribution in [0.4, 0.5) is 0 Å². The second kappa shape index (κ2) is 5.36. The number of nitrogens with two attached hydrogens (primary N) is 1. The van der Waals surface area contributed by atoms with Gasteiger partial charge in [0.15, 0.2) is 0 Å². The molecule has 0 fully saturated rings. The molecule has 100 valence electrons. The first-order chi connectivity index (χ1) is 9.09. The molecule has 0 saturated heterocycles. The van der Waals surface area contributed by atoms with Crippen molar-refractivity contribution in [2.75, 3.05) is 7.11 Å². The molecule has 0 aliphatic heterocycles. The first kappa shape index (κ1) is 13.5. The van der Waals surface area contributed by atoms with Crippen molar-refractivity contribution < 1.29 is 4.74 Å². The van der Waals surface area contributed by atoms with E-state index in [1.165, 1.54) is 5.56 Å². The summed E-state index contributed by atoms with van der Waals surface area (Å²) in [5.41, 5.74) is 8.63. The molecule has 4 nitrogen and oxygen atoms in total. The summed E-state index contributed by atoms with van der Waals surface area (Å²) in [7, 11) is 1.57. The van der Waals surface area contributed by atoms with Gasteiger partial charge in [0.2, 0.25) is 5.88 Å². The van der Waals surface area contributed by atoms with E-state index in [4.69, 9.17) is 10.5 Å². The Morgan fingerprint density at radius 1 is 1.16 bits per heavy atom. The molecule has 1 aromatic carbocycles. The van der Waals surface area contributed by atoms with E-state index >= 15 is 0 Å². The lowest BCUT2D eigenvalue weighted by molar-refractivity contribution is 0.376. The molecule has 19 heavy (non-hydrogen) atoms. The van der Waals surface area contributed by atoms with Crippen LogP contribution < -0.4 is 10.5 Å². The molecule has 0 amide bonds. The summed E-state index contributed by atoms with van der Waals surface area (Å²) in [5.74, 6) is 0.465. The molecule has 2 aromatic rings. The van der Waals surface area contributed by atoms with Gasteiger partial charge in [0.1, 0.15) is 5.69 Å². The maximum absolute atomic E-state index is 6.44. The highest BCUT2D eigenvalue weighted by Crippen LogP contribution is 2.30. The number of ether oxygens (including phenoxy) is 1. The number of methoxy groups -OCH3 is 1. The maximum atomic E-state index is 6.44. The van der Waals surface area contributed by atoms with Crippen molar-refractivity contribution in [3.05, 3.63) is 53.5 Å². The minimum absolute atomic E-state index is 0.465. The summed E-state index contributed by atoms with van der Waals surface area (Å²) in [6.45, 7) is 4.04. The topological polar surface area (TPSA) is 61.0 Å². The van der Waals surface area contributed by atoms with E-state index in [9.17, 15) is 0 Å². The molecular weight excluding hydrogens is 238 g/mol. The summed E-state index contributed by atoms with van der Waals surface area (Å²) in [5, 5.41) is 0. The van der Waals surface area contributed by atoms with Gasteiger partial charge in [-0.15, -0.1) is 0 Å². The van der Waals surface area contributed by atoms with E-state index in [2.05, 4.69) is 29.0 Å². The zero-order valence-electron chi connectivity index (χ0n) is 11.6. The monoisotopic (exact) mass is 257 g/mol. The van der Waals surface area contributed by atoms with Gasteiger partial charge >= 0.3 is 0 Å². The molecule has 2 N–H and O–H groups in total. The highest BCUT2D eigenvalue weighted by molar-refractivity contribution is 5.38. The lowest BCUT2D eigenvalue weighted by Gasteiger charge is -2.25. The fourth-order valence-corrected chi connectivity index (χ4v) is 2.05. The van der Waals surface area contributed by atoms with Crippen molar-refractivity contribution in [3.63, 3.8) is 0 Å². The van der Waals surface area contributed by atoms with Gasteiger partial charge < -0.3 is 10.5 Å². The first-order valence-corrected chi connectivity index (χ1v) is 6.33. The average molecular weight is 257 g/mol. The Bertz CT molecular complexity index is 550. The zero-order chi connectivity index (χ0) is 13.9. The van der Waals surface area contributed by atoms with Crippen LogP contribution >= 0.6 is 0 Å². The van der Waals surface area contributed by atoms with Crippen molar-refractivity contribution in [3.8, 4) is 5.88 Å². The molecule has 0 aliphatic rings. The van der Waals surface area contributed by atoms with Crippen molar-refractivity contribution in [2.24, 2.45) is 5.73 Å². The Labute approximate surface area is 113 Å². The number of hydrogen-bond donors (Lipinski definition) is 1. The molecule has 1 atom stereocenters. The number of nitrogens with zero attached hydrogens (tertiary/aromatic N) is 2. The van der Waals surface area contributed by atoms with Gasteiger partial charge in [-0.05, 0) is 24.5 Å². The van der Waals surface area contributed by atoms with E-state index in [1.54, 1.807) is 19.5 Å². The number of benzene rings is 1. The lowest BCUT2D eigenvalue weighted by atomic mass is 9.89. The van der Waals surface area contributed by atoms with E-state index in [0.717, 1.165) is 12.0 Å². The molecule has 1 aromatic heterocycles. The number of aryl methyl sites for hydroxylation is 1. The number of rotatable bonds is 4. The molecule has 0 radical (unpaired) electrons. The van der Waals surface area contributed by atoms with Crippen LogP contribution in [0, 0.1) is 0 Å². The molecule has 2 rings (SSSR count). The fourth-order valence-electron chi connectivity index (χ4n) is 2.05. The second-order valence-electron chi connectivity index (χ2n) is 4.67. The summed E-state index contributed by atoms with van der Waals surface area (Å²) in [6.07, 6.45) is 4.23. The quantitative estimate of drug-likeness (QED) is 0.912. The lowest BCUT2D eigenvalue weighted by Crippen LogP contribution is -2.36. The van der Waals surface area contributed by atoms with E-state index in [1.807, 2.05) is 19.1 Å². The largest absolute Gasteiger partial charge is 0.480 e. The molecule has 0 aliphatic carbocycles. The van der Waals surface area contributed by atoms with Gasteiger partial charge in [-0.1, -0.05) is 31.2 Å². The predicted molar refractivity (Wildman–Crippen MR) is 75.0 cm³/mol. The standard InChI is InChI=1S/C15H19N3O/c1-4-11-5-7-12(8-6-11)15(2,16)13-14(19-3)18-10-9-17-13/h5-10H,4,16H2,1-3H3. The van der Waals surface area contributed by atoms with E-state index in [-0.39, 0.29) is 0 Å². The molecule has 4 heteroatoms. The van der Waals surface area contributed by atoms with E-state index < -0.39 is 5.54 Å². The third-order valence-corrected chi connectivity index (χ3v) is 3.31. The number of hydrogen-bond acceptors (Lipinski definition) is 4. The second-order valence-corrected chi connectivity index (χ2v) is 4.67. The third-order valence-electron chi connectivity index (χ3n) is 3.31. The molecule has 0 saturated carbocycles. The van der Waals surface area contributed by atoms with Crippen molar-refractivity contribution in [2.45, 2.75) is 25.8 Å². The van der Waals surface area contributed by atoms with E-state index in [0.29, 0.717) is 11.6 Å². The Balaban J connectivity index is 2.45. The van der Waals surface area contributed by atoms with Crippen LogP contribution in [0.1, 0.15) is 30.7 Å². The fraction of sp³-hybridized carbons (Fsp3) is 0.333. The first-order valence-electron chi connectivity index (χ1n) is 6.33. The zero-order valence-corrected chi connectivity index (χ0v) is 11.6. The van der Waals surface area contributed by atoms with Gasteiger partial charge in [-0.2, -0.15) is 0 Å².